The van der Waals surface area contributed by atoms with Crippen molar-refractivity contribution < 1.29 is 0 Å². The molecule has 0 aliphatic heterocycles. The molecule has 1 aromatic rings. The van der Waals surface area contributed by atoms with Gasteiger partial charge in [0, 0.05) is 5.16 Å². The largest absolute Gasteiger partial charge is 0.114 e. The third-order valence-corrected chi connectivity index (χ3v) is 6.37. The molecule has 0 heterocycles. The lowest BCUT2D eigenvalue weighted by Crippen LogP contribution is -2.10. The molecule has 0 fully saturated rings. The van der Waals surface area contributed by atoms with E-state index in [1.54, 1.807) is 0 Å². The fraction of sp³-hybridized carbons (Fsp3) is 0.714. The van der Waals surface area contributed by atoms with E-state index >= 15 is 0 Å². The number of hydrogen-bond acceptors (Lipinski definition) is 0. The van der Waals surface area contributed by atoms with Gasteiger partial charge in [0.05, 0.1) is 0 Å². The van der Waals surface area contributed by atoms with Crippen LogP contribution in [0.2, 0.25) is 0 Å². The van der Waals surface area contributed by atoms with Crippen LogP contribution in [0.5, 0.6) is 0 Å². The molecule has 0 N–H and O–H groups in total. The highest BCUT2D eigenvalue weighted by Gasteiger charge is 2.18. The van der Waals surface area contributed by atoms with Crippen molar-refractivity contribution in [3.63, 3.8) is 0 Å². The second-order valence-corrected chi connectivity index (χ2v) is 9.20. The van der Waals surface area contributed by atoms with E-state index in [1.807, 2.05) is 0 Å². The predicted octanol–water partition coefficient (Wildman–Crippen LogP) is 8.10. The van der Waals surface area contributed by atoms with Crippen molar-refractivity contribution in [1.29, 1.82) is 0 Å². The average molecular weight is 401 g/mol. The molecule has 0 saturated carbocycles. The van der Waals surface area contributed by atoms with Crippen LogP contribution in [0, 0.1) is 0 Å². The quantitative estimate of drug-likeness (QED) is 0.231. The third kappa shape index (κ3) is 11.3. The van der Waals surface area contributed by atoms with Crippen LogP contribution in [0.1, 0.15) is 90.5 Å². The minimum Gasteiger partial charge on any atom is -0.114 e. The summed E-state index contributed by atoms with van der Waals surface area (Å²) in [6, 6.07) is 11.0. The molecule has 0 bridgehead atoms. The van der Waals surface area contributed by atoms with Crippen molar-refractivity contribution in [1.82, 2.24) is 0 Å². The first-order valence-corrected chi connectivity index (χ1v) is 10.7. The number of hydrogen-bond donors (Lipinski definition) is 0. The van der Waals surface area contributed by atoms with Crippen molar-refractivity contribution in [3.05, 3.63) is 35.9 Å². The highest BCUT2D eigenvalue weighted by molar-refractivity contribution is 8.93. The van der Waals surface area contributed by atoms with E-state index in [1.165, 1.54) is 75.9 Å². The fourth-order valence-electron chi connectivity index (χ4n) is 2.97. The minimum atomic E-state index is 0. The van der Waals surface area contributed by atoms with Crippen LogP contribution < -0.4 is 0 Å². The molecule has 1 rings (SSSR count). The van der Waals surface area contributed by atoms with E-state index in [9.17, 15) is 0 Å². The number of unbranched alkanes of at least 4 members (excludes halogenated alkanes) is 9. The van der Waals surface area contributed by atoms with Gasteiger partial charge in [0.25, 0.3) is 0 Å². The van der Waals surface area contributed by atoms with Crippen LogP contribution in [0.15, 0.2) is 30.3 Å². The van der Waals surface area contributed by atoms with Crippen molar-refractivity contribution in [2.45, 2.75) is 90.1 Å². The molecule has 0 nitrogen and oxygen atoms in total. The minimum absolute atomic E-state index is 0. The smallest absolute Gasteiger partial charge is 0.00698 e. The Morgan fingerprint density at radius 1 is 0.739 bits per heavy atom. The Morgan fingerprint density at radius 2 is 1.22 bits per heavy atom. The molecule has 134 valence electrons. The third-order valence-electron chi connectivity index (χ3n) is 4.59. The van der Waals surface area contributed by atoms with Gasteiger partial charge in [-0.3, -0.25) is 0 Å². The van der Waals surface area contributed by atoms with Gasteiger partial charge in [0.1, 0.15) is 0 Å². The molecule has 1 aromatic carbocycles. The second kappa shape index (κ2) is 14.5. The van der Waals surface area contributed by atoms with Gasteiger partial charge in [-0.1, -0.05) is 109 Å². The first-order valence-electron chi connectivity index (χ1n) is 9.47. The Balaban J connectivity index is 0.00000484. The highest BCUT2D eigenvalue weighted by atomic mass is 79.9. The van der Waals surface area contributed by atoms with Gasteiger partial charge in [-0.2, -0.15) is 0 Å². The molecule has 0 spiro atoms. The maximum atomic E-state index is 2.40. The van der Waals surface area contributed by atoms with Crippen LogP contribution in [0.25, 0.3) is 0 Å². The highest BCUT2D eigenvalue weighted by Crippen LogP contribution is 2.41. The summed E-state index contributed by atoms with van der Waals surface area (Å²) in [5.41, 5.74) is 1.50. The normalized spacial score (nSPS) is 11.8. The van der Waals surface area contributed by atoms with Crippen molar-refractivity contribution in [2.24, 2.45) is 0 Å². The monoisotopic (exact) mass is 400 g/mol. The molecule has 0 aliphatic rings. The summed E-state index contributed by atoms with van der Waals surface area (Å²) < 4.78 is 0. The summed E-state index contributed by atoms with van der Waals surface area (Å²) in [4.78, 5) is 0. The predicted molar refractivity (Wildman–Crippen MR) is 115 cm³/mol. The summed E-state index contributed by atoms with van der Waals surface area (Å²) in [5, 5.41) is 0.362. The zero-order chi connectivity index (χ0) is 16.1. The number of rotatable bonds is 13. The first-order chi connectivity index (χ1) is 10.7. The van der Waals surface area contributed by atoms with Gasteiger partial charge < -0.3 is 0 Å². The first kappa shape index (κ1) is 23.1. The van der Waals surface area contributed by atoms with Crippen LogP contribution in [-0.2, 0) is 5.16 Å². The maximum Gasteiger partial charge on any atom is 0.00698 e. The topological polar surface area (TPSA) is 0 Å². The molecular formula is C21H38BrP. The van der Waals surface area contributed by atoms with E-state index in [4.69, 9.17) is 0 Å². The van der Waals surface area contributed by atoms with Gasteiger partial charge >= 0.3 is 0 Å². The van der Waals surface area contributed by atoms with Gasteiger partial charge in [0.2, 0.25) is 0 Å². The zero-order valence-corrected chi connectivity index (χ0v) is 18.3. The molecule has 23 heavy (non-hydrogen) atoms. The van der Waals surface area contributed by atoms with E-state index in [0.29, 0.717) is 5.16 Å². The average Bonchev–Trinajstić information content (AvgIpc) is 2.53. The molecule has 2 heteroatoms. The summed E-state index contributed by atoms with van der Waals surface area (Å²) in [6.07, 6.45) is 15.8. The van der Waals surface area contributed by atoms with Crippen molar-refractivity contribution in [2.75, 3.05) is 6.16 Å². The van der Waals surface area contributed by atoms with E-state index in [2.05, 4.69) is 51.1 Å². The summed E-state index contributed by atoms with van der Waals surface area (Å²) in [5.74, 6) is 0. The molecule has 0 saturated heterocycles. The van der Waals surface area contributed by atoms with E-state index in [0.717, 1.165) is 8.58 Å². The molecule has 0 radical (unpaired) electrons. The lowest BCUT2D eigenvalue weighted by Gasteiger charge is -2.25. The van der Waals surface area contributed by atoms with E-state index < -0.39 is 0 Å². The maximum absolute atomic E-state index is 2.40. The molecule has 0 aromatic heterocycles. The van der Waals surface area contributed by atoms with Crippen LogP contribution >= 0.6 is 25.6 Å². The molecular weight excluding hydrogens is 363 g/mol. The summed E-state index contributed by atoms with van der Waals surface area (Å²) >= 11 is 0. The summed E-state index contributed by atoms with van der Waals surface area (Å²) in [7, 11) is 1.05. The molecule has 0 aliphatic carbocycles. The lowest BCUT2D eigenvalue weighted by molar-refractivity contribution is 0.562. The number of halogens is 1. The van der Waals surface area contributed by atoms with Gasteiger partial charge in [-0.05, 0) is 18.1 Å². The van der Waals surface area contributed by atoms with E-state index in [-0.39, 0.29) is 17.0 Å². The molecule has 1 unspecified atom stereocenters. The Hall–Kier alpha value is 0.130. The zero-order valence-electron chi connectivity index (χ0n) is 15.6. The van der Waals surface area contributed by atoms with Gasteiger partial charge in [-0.15, -0.1) is 25.6 Å². The van der Waals surface area contributed by atoms with Crippen molar-refractivity contribution >= 4 is 25.6 Å². The summed E-state index contributed by atoms with van der Waals surface area (Å²) in [6.45, 7) is 7.09. The number of benzene rings is 1. The standard InChI is InChI=1S/C21H37P.BrH/c1-4-5-6-7-8-9-10-11-12-16-19-22-21(2,3)20-17-14-13-15-18-20;/h13-15,17-18,22H,4-12,16,19H2,1-3H3;1H. The van der Waals surface area contributed by atoms with Crippen LogP contribution in [-0.4, -0.2) is 6.16 Å². The fourth-order valence-corrected chi connectivity index (χ4v) is 4.39. The SMILES string of the molecule is Br.CCCCCCCCCCCCPC(C)(C)c1ccccc1. The van der Waals surface area contributed by atoms with Crippen LogP contribution in [0.3, 0.4) is 0 Å². The van der Waals surface area contributed by atoms with Crippen molar-refractivity contribution in [3.8, 4) is 0 Å². The Kier molecular flexibility index (Phi) is 14.6. The Labute approximate surface area is 157 Å². The lowest BCUT2D eigenvalue weighted by atomic mass is 10.0. The molecule has 1 atom stereocenters. The second-order valence-electron chi connectivity index (χ2n) is 7.10. The van der Waals surface area contributed by atoms with Gasteiger partial charge in [-0.25, -0.2) is 0 Å². The Bertz CT molecular complexity index is 361. The Morgan fingerprint density at radius 3 is 1.74 bits per heavy atom. The van der Waals surface area contributed by atoms with Crippen LogP contribution in [0.4, 0.5) is 0 Å². The van der Waals surface area contributed by atoms with Gasteiger partial charge in [0.15, 0.2) is 0 Å². The molecule has 0 amide bonds.